The molecule has 15 rings (SSSR count). The Morgan fingerprint density at radius 1 is 0.397 bits per heavy atom. The van der Waals surface area contributed by atoms with Gasteiger partial charge < -0.3 is 9.80 Å². The van der Waals surface area contributed by atoms with Gasteiger partial charge in [0.25, 0.3) is 0 Å². The number of fused-ring (bicyclic) bond motifs is 4. The molecule has 4 saturated carbocycles. The van der Waals surface area contributed by atoms with E-state index >= 15 is 0 Å². The second-order valence-electron chi connectivity index (χ2n) is 19.4. The predicted octanol–water partition coefficient (Wildman–Crippen LogP) is 16.7. The molecule has 0 atom stereocenters. The number of hydrogen-bond acceptors (Lipinski definition) is 2. The Bertz CT molecular complexity index is 3420. The van der Waals surface area contributed by atoms with Crippen molar-refractivity contribution in [1.29, 1.82) is 0 Å². The summed E-state index contributed by atoms with van der Waals surface area (Å²) in [6.45, 7) is 2.24. The molecule has 4 bridgehead atoms. The molecule has 63 heavy (non-hydrogen) atoms. The van der Waals surface area contributed by atoms with E-state index in [1.165, 1.54) is 120 Å². The Labute approximate surface area is 369 Å². The summed E-state index contributed by atoms with van der Waals surface area (Å²) in [6.07, 6.45) is 6.89. The molecule has 0 unspecified atom stereocenters. The number of nitrogens with zero attached hydrogens (tertiary/aromatic N) is 2. The Hall–Kier alpha value is -6.90. The van der Waals surface area contributed by atoms with Gasteiger partial charge in [0.15, 0.2) is 0 Å². The minimum Gasteiger partial charge on any atom is -0.310 e. The van der Waals surface area contributed by atoms with Gasteiger partial charge in [-0.25, -0.2) is 0 Å². The monoisotopic (exact) mass is 808 g/mol. The minimum atomic E-state index is 0.0270. The highest BCUT2D eigenvalue weighted by Crippen LogP contribution is 2.71. The van der Waals surface area contributed by atoms with Crippen molar-refractivity contribution in [2.45, 2.75) is 44.4 Å². The van der Waals surface area contributed by atoms with Gasteiger partial charge in [0.1, 0.15) is 0 Å². The van der Waals surface area contributed by atoms with Crippen LogP contribution < -0.4 is 9.80 Å². The Morgan fingerprint density at radius 2 is 0.937 bits per heavy atom. The summed E-state index contributed by atoms with van der Waals surface area (Å²) >= 11 is 0. The number of aryl methyl sites for hydroxylation is 1. The highest BCUT2D eigenvalue weighted by molar-refractivity contribution is 6.28. The highest BCUT2D eigenvalue weighted by atomic mass is 15.2. The van der Waals surface area contributed by atoms with E-state index in [1.807, 2.05) is 0 Å². The Balaban J connectivity index is 1.04. The van der Waals surface area contributed by atoms with Crippen molar-refractivity contribution >= 4 is 77.2 Å². The van der Waals surface area contributed by atoms with Crippen molar-refractivity contribution in [2.24, 2.45) is 23.7 Å². The molecule has 0 aliphatic heterocycles. The van der Waals surface area contributed by atoms with Gasteiger partial charge in [0, 0.05) is 32.9 Å². The zero-order valence-electron chi connectivity index (χ0n) is 35.6. The summed E-state index contributed by atoms with van der Waals surface area (Å²) in [7, 11) is 0. The molecule has 5 aliphatic rings. The lowest BCUT2D eigenvalue weighted by molar-refractivity contribution is -0.0397. The van der Waals surface area contributed by atoms with E-state index in [1.54, 1.807) is 11.1 Å². The molecule has 0 saturated heterocycles. The number of para-hydroxylation sites is 1. The minimum absolute atomic E-state index is 0.0270. The van der Waals surface area contributed by atoms with E-state index in [-0.39, 0.29) is 5.41 Å². The van der Waals surface area contributed by atoms with Crippen molar-refractivity contribution in [3.05, 3.63) is 205 Å². The van der Waals surface area contributed by atoms with Crippen LogP contribution in [0.4, 0.5) is 34.1 Å². The van der Waals surface area contributed by atoms with Crippen molar-refractivity contribution in [3.63, 3.8) is 0 Å². The Morgan fingerprint density at radius 3 is 1.67 bits per heavy atom. The van der Waals surface area contributed by atoms with Gasteiger partial charge in [-0.05, 0) is 166 Å². The molecule has 2 heteroatoms. The average molecular weight is 809 g/mol. The van der Waals surface area contributed by atoms with E-state index in [4.69, 9.17) is 0 Å². The van der Waals surface area contributed by atoms with Crippen molar-refractivity contribution < 1.29 is 0 Å². The van der Waals surface area contributed by atoms with Crippen molar-refractivity contribution in [3.8, 4) is 11.1 Å². The van der Waals surface area contributed by atoms with Gasteiger partial charge in [0.05, 0.1) is 22.7 Å². The van der Waals surface area contributed by atoms with Gasteiger partial charge in [-0.1, -0.05) is 140 Å². The van der Waals surface area contributed by atoms with Crippen LogP contribution in [0, 0.1) is 30.6 Å². The van der Waals surface area contributed by atoms with Gasteiger partial charge in [-0.3, -0.25) is 0 Å². The van der Waals surface area contributed by atoms with Crippen LogP contribution in [-0.4, -0.2) is 0 Å². The third-order valence-corrected chi connectivity index (χ3v) is 16.2. The molecular weight excluding hydrogens is 761 g/mol. The molecule has 302 valence electrons. The average Bonchev–Trinajstić information content (AvgIpc) is 3.62. The zero-order chi connectivity index (χ0) is 41.4. The molecule has 2 nitrogen and oxygen atoms in total. The standard InChI is InChI=1S/C61H48N2/c1-38-12-9-17-47(32-38)63(57-23-11-20-50-49-19-7-8-21-53(49)61(60(50)57)44-34-39-33-40(36-44)37-45(61)35-39)56-31-27-43-24-28-51-55(30-26-42-25-29-52(56)59(43)58(42)51)62(46-15-3-2-4-16-46)54-22-10-14-41-13-5-6-18-48(41)54/h2-32,39-40,44-45H,33-37H2,1H3. The molecule has 0 radical (unpaired) electrons. The molecule has 10 aromatic rings. The highest BCUT2D eigenvalue weighted by Gasteiger charge is 2.62. The van der Waals surface area contributed by atoms with Gasteiger partial charge in [-0.15, -0.1) is 0 Å². The first-order valence-electron chi connectivity index (χ1n) is 23.3. The largest absolute Gasteiger partial charge is 0.310 e. The zero-order valence-corrected chi connectivity index (χ0v) is 35.6. The lowest BCUT2D eigenvalue weighted by Gasteiger charge is -2.61. The van der Waals surface area contributed by atoms with Crippen LogP contribution in [0.25, 0.3) is 54.2 Å². The molecule has 10 aromatic carbocycles. The van der Waals surface area contributed by atoms with Crippen LogP contribution in [0.2, 0.25) is 0 Å². The summed E-state index contributed by atoms with van der Waals surface area (Å²) in [5.74, 6) is 3.11. The summed E-state index contributed by atoms with van der Waals surface area (Å²) in [5.41, 5.74) is 14.7. The lowest BCUT2D eigenvalue weighted by atomic mass is 9.43. The molecule has 0 aromatic heterocycles. The van der Waals surface area contributed by atoms with Crippen LogP contribution in [0.5, 0.6) is 0 Å². The smallest absolute Gasteiger partial charge is 0.0540 e. The van der Waals surface area contributed by atoms with Crippen LogP contribution in [0.1, 0.15) is 48.8 Å². The second-order valence-corrected chi connectivity index (χ2v) is 19.4. The fourth-order valence-corrected chi connectivity index (χ4v) is 14.1. The number of anilines is 6. The van der Waals surface area contributed by atoms with E-state index in [2.05, 4.69) is 205 Å². The number of hydrogen-bond donors (Lipinski definition) is 0. The lowest BCUT2D eigenvalue weighted by Crippen LogP contribution is -2.55. The van der Waals surface area contributed by atoms with Gasteiger partial charge in [0.2, 0.25) is 0 Å². The maximum Gasteiger partial charge on any atom is 0.0540 e. The first kappa shape index (κ1) is 35.7. The molecule has 0 heterocycles. The van der Waals surface area contributed by atoms with Crippen LogP contribution >= 0.6 is 0 Å². The van der Waals surface area contributed by atoms with E-state index in [0.717, 1.165) is 17.5 Å². The quantitative estimate of drug-likeness (QED) is 0.154. The van der Waals surface area contributed by atoms with Crippen molar-refractivity contribution in [1.82, 2.24) is 0 Å². The fraction of sp³-hybridized carbons (Fsp3) is 0.180. The maximum absolute atomic E-state index is 2.67. The van der Waals surface area contributed by atoms with Crippen LogP contribution in [0.3, 0.4) is 0 Å². The normalized spacial score (nSPS) is 21.8. The molecule has 4 fully saturated rings. The number of rotatable bonds is 6. The van der Waals surface area contributed by atoms with Crippen molar-refractivity contribution in [2.75, 3.05) is 9.80 Å². The molecule has 0 N–H and O–H groups in total. The molecule has 0 amide bonds. The summed E-state index contributed by atoms with van der Waals surface area (Å²) in [6, 6.07) is 71.4. The molecule has 5 aliphatic carbocycles. The molecule has 1 spiro atoms. The molecular formula is C61H48N2. The number of benzene rings is 10. The van der Waals surface area contributed by atoms with Crippen LogP contribution in [-0.2, 0) is 5.41 Å². The predicted molar refractivity (Wildman–Crippen MR) is 265 cm³/mol. The first-order chi connectivity index (χ1) is 31.1. The SMILES string of the molecule is Cc1cccc(N(c2cccc3c2C2(c4ccccc4-3)C3CC4CC(C3)CC2C4)c2ccc3ccc4c(N(c5ccccc5)c5cccc6ccccc56)ccc5ccc2c3c54)c1. The summed E-state index contributed by atoms with van der Waals surface area (Å²) in [5, 5.41) is 10.2. The van der Waals surface area contributed by atoms with E-state index in [0.29, 0.717) is 11.8 Å². The second kappa shape index (κ2) is 13.3. The summed E-state index contributed by atoms with van der Waals surface area (Å²) < 4.78 is 0. The van der Waals surface area contributed by atoms with Gasteiger partial charge >= 0.3 is 0 Å². The van der Waals surface area contributed by atoms with Crippen LogP contribution in [0.15, 0.2) is 188 Å². The van der Waals surface area contributed by atoms with E-state index in [9.17, 15) is 0 Å². The summed E-state index contributed by atoms with van der Waals surface area (Å²) in [4.78, 5) is 5.15. The fourth-order valence-electron chi connectivity index (χ4n) is 14.1. The third-order valence-electron chi connectivity index (χ3n) is 16.2. The van der Waals surface area contributed by atoms with Gasteiger partial charge in [-0.2, -0.15) is 0 Å². The maximum atomic E-state index is 2.67. The Kier molecular flexibility index (Phi) is 7.53. The third kappa shape index (κ3) is 4.95. The van der Waals surface area contributed by atoms with E-state index < -0.39 is 0 Å². The first-order valence-corrected chi connectivity index (χ1v) is 23.3. The topological polar surface area (TPSA) is 6.48 Å².